The van der Waals surface area contributed by atoms with Gasteiger partial charge in [-0.1, -0.05) is 43.8 Å². The van der Waals surface area contributed by atoms with Gasteiger partial charge in [0.2, 0.25) is 5.91 Å². The Morgan fingerprint density at radius 1 is 1.26 bits per heavy atom. The quantitative estimate of drug-likeness (QED) is 0.376. The third-order valence-electron chi connectivity index (χ3n) is 5.70. The Balaban J connectivity index is 1.41. The number of nitrogens with one attached hydrogen (secondary N) is 1. The highest BCUT2D eigenvalue weighted by Gasteiger charge is 2.22. The highest BCUT2D eigenvalue weighted by molar-refractivity contribution is 7.99. The molecule has 0 saturated carbocycles. The number of thiophene rings is 1. The molecule has 1 aliphatic rings. The molecule has 0 bridgehead atoms. The lowest BCUT2D eigenvalue weighted by molar-refractivity contribution is -0.113. The zero-order valence-corrected chi connectivity index (χ0v) is 21.2. The molecule has 1 aromatic carbocycles. The number of amides is 1. The molecule has 178 valence electrons. The number of fused-ring (bicyclic) bond motifs is 1. The number of rotatable bonds is 10. The van der Waals surface area contributed by atoms with E-state index in [9.17, 15) is 10.1 Å². The van der Waals surface area contributed by atoms with Gasteiger partial charge in [-0.05, 0) is 55.7 Å². The molecule has 0 fully saturated rings. The van der Waals surface area contributed by atoms with Crippen molar-refractivity contribution in [1.29, 1.82) is 5.26 Å². The minimum Gasteiger partial charge on any atom is -0.486 e. The molecule has 1 aliphatic carbocycles. The molecule has 1 N–H and O–H groups in total. The van der Waals surface area contributed by atoms with Crippen molar-refractivity contribution >= 4 is 34.0 Å². The zero-order chi connectivity index (χ0) is 23.9. The molecule has 7 nitrogen and oxygen atoms in total. The standard InChI is InChI=1S/C25H29N5O2S2/c1-17(2)12-13-30-22(15-32-18-8-4-3-5-9-18)28-29-25(30)33-16-23(31)27-24-20(14-26)19-10-6-7-11-21(19)34-24/h3-5,8-9,17H,6-7,10-13,15-16H2,1-2H3,(H,27,31). The minimum atomic E-state index is -0.138. The summed E-state index contributed by atoms with van der Waals surface area (Å²) in [6.45, 7) is 5.43. The van der Waals surface area contributed by atoms with E-state index in [0.717, 1.165) is 55.8 Å². The van der Waals surface area contributed by atoms with Crippen molar-refractivity contribution in [2.24, 2.45) is 5.92 Å². The molecule has 0 spiro atoms. The van der Waals surface area contributed by atoms with Crippen LogP contribution >= 0.6 is 23.1 Å². The van der Waals surface area contributed by atoms with Gasteiger partial charge >= 0.3 is 0 Å². The lowest BCUT2D eigenvalue weighted by Gasteiger charge is -2.12. The number of anilines is 1. The number of nitriles is 1. The van der Waals surface area contributed by atoms with Crippen LogP contribution in [0.5, 0.6) is 5.75 Å². The van der Waals surface area contributed by atoms with Crippen molar-refractivity contribution in [2.75, 3.05) is 11.1 Å². The maximum Gasteiger partial charge on any atom is 0.235 e. The van der Waals surface area contributed by atoms with Gasteiger partial charge in [-0.25, -0.2) is 0 Å². The van der Waals surface area contributed by atoms with E-state index < -0.39 is 0 Å². The first kappa shape index (κ1) is 24.3. The van der Waals surface area contributed by atoms with E-state index >= 15 is 0 Å². The highest BCUT2D eigenvalue weighted by Crippen LogP contribution is 2.37. The van der Waals surface area contributed by atoms with E-state index in [2.05, 4.69) is 35.4 Å². The van der Waals surface area contributed by atoms with Gasteiger partial charge in [-0.3, -0.25) is 4.79 Å². The molecule has 9 heteroatoms. The Morgan fingerprint density at radius 3 is 2.82 bits per heavy atom. The van der Waals surface area contributed by atoms with Gasteiger partial charge in [0, 0.05) is 11.4 Å². The molecule has 0 atom stereocenters. The SMILES string of the molecule is CC(C)CCn1c(COc2ccccc2)nnc1SCC(=O)Nc1sc2c(c1C#N)CCCC2. The molecule has 34 heavy (non-hydrogen) atoms. The van der Waals surface area contributed by atoms with E-state index in [-0.39, 0.29) is 11.7 Å². The normalized spacial score (nSPS) is 12.9. The molecule has 0 radical (unpaired) electrons. The van der Waals surface area contributed by atoms with Crippen molar-refractivity contribution in [3.05, 3.63) is 52.2 Å². The van der Waals surface area contributed by atoms with E-state index in [1.54, 1.807) is 11.3 Å². The number of carbonyl (C=O) groups is 1. The smallest absolute Gasteiger partial charge is 0.235 e. The van der Waals surface area contributed by atoms with Crippen molar-refractivity contribution in [2.45, 2.75) is 64.3 Å². The molecule has 0 aliphatic heterocycles. The molecular formula is C25H29N5O2S2. The minimum absolute atomic E-state index is 0.138. The van der Waals surface area contributed by atoms with Gasteiger partial charge in [0.25, 0.3) is 0 Å². The Hall–Kier alpha value is -2.83. The average Bonchev–Trinajstić information content (AvgIpc) is 3.40. The van der Waals surface area contributed by atoms with Gasteiger partial charge in [-0.2, -0.15) is 5.26 Å². The van der Waals surface area contributed by atoms with Crippen LogP contribution in [-0.2, 0) is 30.8 Å². The summed E-state index contributed by atoms with van der Waals surface area (Å²) in [7, 11) is 0. The predicted molar refractivity (Wildman–Crippen MR) is 135 cm³/mol. The van der Waals surface area contributed by atoms with E-state index in [1.807, 2.05) is 34.9 Å². The van der Waals surface area contributed by atoms with Crippen LogP contribution < -0.4 is 10.1 Å². The molecule has 0 unspecified atom stereocenters. The summed E-state index contributed by atoms with van der Waals surface area (Å²) in [5.74, 6) is 2.11. The van der Waals surface area contributed by atoms with Gasteiger partial charge in [0.1, 0.15) is 23.4 Å². The number of hydrogen-bond donors (Lipinski definition) is 1. The van der Waals surface area contributed by atoms with Gasteiger partial charge < -0.3 is 14.6 Å². The second-order valence-corrected chi connectivity index (χ2v) is 10.7. The van der Waals surface area contributed by atoms with Crippen LogP contribution in [-0.4, -0.2) is 26.4 Å². The molecule has 4 rings (SSSR count). The molecule has 2 heterocycles. The fourth-order valence-corrected chi connectivity index (χ4v) is 5.91. The van der Waals surface area contributed by atoms with Crippen molar-refractivity contribution in [3.63, 3.8) is 0 Å². The third-order valence-corrected chi connectivity index (χ3v) is 7.88. The fourth-order valence-electron chi connectivity index (χ4n) is 3.87. The number of nitrogens with zero attached hydrogens (tertiary/aromatic N) is 4. The van der Waals surface area contributed by atoms with Crippen LogP contribution in [0.15, 0.2) is 35.5 Å². The maximum atomic E-state index is 12.7. The molecule has 3 aromatic rings. The number of ether oxygens (including phenoxy) is 1. The van der Waals surface area contributed by atoms with Crippen LogP contribution in [0.1, 0.15) is 54.9 Å². The maximum absolute atomic E-state index is 12.7. The van der Waals surface area contributed by atoms with Crippen molar-refractivity contribution < 1.29 is 9.53 Å². The summed E-state index contributed by atoms with van der Waals surface area (Å²) >= 11 is 2.91. The van der Waals surface area contributed by atoms with Crippen LogP contribution in [0.3, 0.4) is 0 Å². The molecule has 1 amide bonds. The monoisotopic (exact) mass is 495 g/mol. The van der Waals surface area contributed by atoms with Gasteiger partial charge in [0.15, 0.2) is 11.0 Å². The lowest BCUT2D eigenvalue weighted by atomic mass is 9.96. The first-order valence-electron chi connectivity index (χ1n) is 11.6. The number of benzene rings is 1. The first-order valence-corrected chi connectivity index (χ1v) is 13.4. The van der Waals surface area contributed by atoms with Crippen LogP contribution in [0.25, 0.3) is 0 Å². The molecular weight excluding hydrogens is 466 g/mol. The number of thioether (sulfide) groups is 1. The summed E-state index contributed by atoms with van der Waals surface area (Å²) in [5.41, 5.74) is 1.76. The second-order valence-electron chi connectivity index (χ2n) is 8.70. The predicted octanol–water partition coefficient (Wildman–Crippen LogP) is 5.45. The Bertz CT molecular complexity index is 1160. The fraction of sp³-hybridized carbons (Fsp3) is 0.440. The Kier molecular flexibility index (Phi) is 8.25. The summed E-state index contributed by atoms with van der Waals surface area (Å²) < 4.78 is 7.93. The largest absolute Gasteiger partial charge is 0.486 e. The van der Waals surface area contributed by atoms with Crippen LogP contribution in [0.4, 0.5) is 5.00 Å². The molecule has 0 saturated heterocycles. The number of para-hydroxylation sites is 1. The topological polar surface area (TPSA) is 92.8 Å². The first-order chi connectivity index (χ1) is 16.5. The lowest BCUT2D eigenvalue weighted by Crippen LogP contribution is -2.15. The summed E-state index contributed by atoms with van der Waals surface area (Å²) in [6, 6.07) is 11.9. The molecule has 2 aromatic heterocycles. The number of carbonyl (C=O) groups excluding carboxylic acids is 1. The number of aryl methyl sites for hydroxylation is 1. The van der Waals surface area contributed by atoms with Gasteiger partial charge in [0.05, 0.1) is 11.3 Å². The summed E-state index contributed by atoms with van der Waals surface area (Å²) in [6.07, 6.45) is 5.13. The van der Waals surface area contributed by atoms with Crippen LogP contribution in [0.2, 0.25) is 0 Å². The van der Waals surface area contributed by atoms with E-state index in [4.69, 9.17) is 4.74 Å². The van der Waals surface area contributed by atoms with Crippen molar-refractivity contribution in [1.82, 2.24) is 14.8 Å². The van der Waals surface area contributed by atoms with E-state index in [1.165, 1.54) is 16.6 Å². The second kappa shape index (κ2) is 11.5. The number of aromatic nitrogens is 3. The van der Waals surface area contributed by atoms with E-state index in [0.29, 0.717) is 28.2 Å². The number of hydrogen-bond acceptors (Lipinski definition) is 7. The highest BCUT2D eigenvalue weighted by atomic mass is 32.2. The van der Waals surface area contributed by atoms with Crippen molar-refractivity contribution in [3.8, 4) is 11.8 Å². The average molecular weight is 496 g/mol. The summed E-state index contributed by atoms with van der Waals surface area (Å²) in [4.78, 5) is 14.0. The summed E-state index contributed by atoms with van der Waals surface area (Å²) in [5, 5.41) is 22.6. The Labute approximate surface area is 208 Å². The van der Waals surface area contributed by atoms with Crippen LogP contribution in [0, 0.1) is 17.2 Å². The third kappa shape index (κ3) is 5.99. The zero-order valence-electron chi connectivity index (χ0n) is 19.5. The van der Waals surface area contributed by atoms with Gasteiger partial charge in [-0.15, -0.1) is 21.5 Å². The Morgan fingerprint density at radius 2 is 2.06 bits per heavy atom.